The third kappa shape index (κ3) is 6.48. The molecule has 4 aliphatic rings. The van der Waals surface area contributed by atoms with Crippen LogP contribution in [0.2, 0.25) is 0 Å². The minimum absolute atomic E-state index is 0.00138. The lowest BCUT2D eigenvalue weighted by Gasteiger charge is -2.44. The Balaban J connectivity index is 1.08. The Hall–Kier alpha value is -4.92. The number of benzene rings is 3. The van der Waals surface area contributed by atoms with Crippen LogP contribution in [0.15, 0.2) is 97.1 Å². The largest absolute Gasteiger partial charge is 0.457 e. The number of hydrogen-bond acceptors (Lipinski definition) is 7. The molecule has 9 heteroatoms. The molecule has 3 heterocycles. The first kappa shape index (κ1) is 30.1. The zero-order valence-corrected chi connectivity index (χ0v) is 25.3. The lowest BCUT2D eigenvalue weighted by molar-refractivity contribution is -0.166. The van der Waals surface area contributed by atoms with Gasteiger partial charge in [0.05, 0.1) is 17.5 Å². The van der Waals surface area contributed by atoms with E-state index in [1.807, 2.05) is 86.7 Å². The maximum atomic E-state index is 13.6. The third-order valence-electron chi connectivity index (χ3n) is 8.71. The normalized spacial score (nSPS) is 23.1. The van der Waals surface area contributed by atoms with Gasteiger partial charge in [-0.1, -0.05) is 86.7 Å². The van der Waals surface area contributed by atoms with E-state index in [0.717, 1.165) is 11.1 Å². The summed E-state index contributed by atoms with van der Waals surface area (Å²) in [4.78, 5) is 56.0. The van der Waals surface area contributed by atoms with Crippen LogP contribution in [-0.2, 0) is 37.0 Å². The van der Waals surface area contributed by atoms with Gasteiger partial charge in [0, 0.05) is 24.2 Å². The van der Waals surface area contributed by atoms with Gasteiger partial charge in [-0.05, 0) is 47.7 Å². The standard InChI is InChI=1S/C36H36N2O7/c1-36(2)23-38(28-16-14-27(15-17-28)33(40)43-21-24-9-5-3-6-10-24)32(39)31(36)45-34(41)29-19-26-13-18-30(29)37(20-26)35(42)44-22-25-11-7-4-8-12-25/h3-18,26,29-31H,19-23H2,1-2H3/t26-,29-,30+,31+/m1/s1. The molecule has 2 fully saturated rings. The molecule has 7 rings (SSSR count). The summed E-state index contributed by atoms with van der Waals surface area (Å²) in [6, 6.07) is 25.0. The Morgan fingerprint density at radius 2 is 1.44 bits per heavy atom. The van der Waals surface area contributed by atoms with Gasteiger partial charge >= 0.3 is 18.0 Å². The van der Waals surface area contributed by atoms with Gasteiger partial charge in [-0.15, -0.1) is 0 Å². The van der Waals surface area contributed by atoms with Crippen molar-refractivity contribution < 1.29 is 33.4 Å². The van der Waals surface area contributed by atoms with E-state index in [1.54, 1.807) is 34.1 Å². The average molecular weight is 609 g/mol. The van der Waals surface area contributed by atoms with Gasteiger partial charge in [-0.2, -0.15) is 0 Å². The molecule has 1 aliphatic carbocycles. The maximum absolute atomic E-state index is 13.6. The molecule has 0 N–H and O–H groups in total. The summed E-state index contributed by atoms with van der Waals surface area (Å²) < 4.78 is 16.9. The number of carbonyl (C=O) groups excluding carboxylic acids is 4. The van der Waals surface area contributed by atoms with Crippen LogP contribution in [0.1, 0.15) is 41.8 Å². The molecule has 2 saturated heterocycles. The molecule has 3 aromatic carbocycles. The molecule has 232 valence electrons. The fourth-order valence-corrected chi connectivity index (χ4v) is 6.27. The summed E-state index contributed by atoms with van der Waals surface area (Å²) in [5.74, 6) is -1.89. The Kier molecular flexibility index (Phi) is 8.43. The van der Waals surface area contributed by atoms with Crippen molar-refractivity contribution in [2.45, 2.75) is 45.6 Å². The smallest absolute Gasteiger partial charge is 0.410 e. The van der Waals surface area contributed by atoms with Gasteiger partial charge in [-0.3, -0.25) is 9.59 Å². The summed E-state index contributed by atoms with van der Waals surface area (Å²) in [5.41, 5.74) is 2.07. The highest BCUT2D eigenvalue weighted by molar-refractivity contribution is 6.01. The highest BCUT2D eigenvalue weighted by atomic mass is 16.6. The SMILES string of the molecule is CC1(C)CN(c2ccc(C(=O)OCc3ccccc3)cc2)C(=O)[C@@H]1OC(=O)[C@@H]1C[C@H]2C=C[C@@H]1N(C(=O)OCc1ccccc1)C2. The zero-order chi connectivity index (χ0) is 31.6. The molecule has 9 nitrogen and oxygen atoms in total. The number of carbonyl (C=O) groups is 4. The minimum Gasteiger partial charge on any atom is -0.457 e. The first-order chi connectivity index (χ1) is 21.7. The van der Waals surface area contributed by atoms with Crippen LogP contribution in [0.3, 0.4) is 0 Å². The monoisotopic (exact) mass is 608 g/mol. The molecule has 45 heavy (non-hydrogen) atoms. The van der Waals surface area contributed by atoms with E-state index in [9.17, 15) is 19.2 Å². The van der Waals surface area contributed by atoms with E-state index in [2.05, 4.69) is 0 Å². The van der Waals surface area contributed by atoms with Gasteiger partial charge in [-0.25, -0.2) is 9.59 Å². The van der Waals surface area contributed by atoms with Crippen LogP contribution in [0, 0.1) is 17.3 Å². The van der Waals surface area contributed by atoms with E-state index < -0.39 is 41.5 Å². The van der Waals surface area contributed by atoms with E-state index in [4.69, 9.17) is 14.2 Å². The van der Waals surface area contributed by atoms with E-state index in [-0.39, 0.29) is 25.0 Å². The zero-order valence-electron chi connectivity index (χ0n) is 25.3. The van der Waals surface area contributed by atoms with Crippen LogP contribution in [0.5, 0.6) is 0 Å². The topological polar surface area (TPSA) is 102 Å². The minimum atomic E-state index is -0.997. The molecule has 0 saturated carbocycles. The molecule has 3 aliphatic heterocycles. The lowest BCUT2D eigenvalue weighted by atomic mass is 9.77. The highest BCUT2D eigenvalue weighted by Crippen LogP contribution is 2.40. The summed E-state index contributed by atoms with van der Waals surface area (Å²) in [6.07, 6.45) is 2.96. The molecule has 0 radical (unpaired) electrons. The van der Waals surface area contributed by atoms with Crippen molar-refractivity contribution in [3.63, 3.8) is 0 Å². The van der Waals surface area contributed by atoms with Crippen LogP contribution in [0.4, 0.5) is 10.5 Å². The van der Waals surface area contributed by atoms with Crippen LogP contribution < -0.4 is 4.90 Å². The maximum Gasteiger partial charge on any atom is 0.410 e. The Morgan fingerprint density at radius 1 is 0.822 bits per heavy atom. The number of rotatable bonds is 8. The second-order valence-electron chi connectivity index (χ2n) is 12.5. The molecular weight excluding hydrogens is 572 g/mol. The number of ether oxygens (including phenoxy) is 3. The van der Waals surface area contributed by atoms with Crippen molar-refractivity contribution in [1.82, 2.24) is 4.90 Å². The van der Waals surface area contributed by atoms with Crippen LogP contribution in [-0.4, -0.2) is 54.1 Å². The van der Waals surface area contributed by atoms with Crippen molar-refractivity contribution in [2.24, 2.45) is 17.3 Å². The van der Waals surface area contributed by atoms with Crippen molar-refractivity contribution >= 4 is 29.6 Å². The Bertz CT molecular complexity index is 1590. The molecule has 3 aromatic rings. The first-order valence-corrected chi connectivity index (χ1v) is 15.2. The molecule has 4 atom stereocenters. The molecule has 0 aromatic heterocycles. The van der Waals surface area contributed by atoms with E-state index in [0.29, 0.717) is 30.8 Å². The number of nitrogens with zero attached hydrogens (tertiary/aromatic N) is 2. The van der Waals surface area contributed by atoms with Crippen LogP contribution in [0.25, 0.3) is 0 Å². The fourth-order valence-electron chi connectivity index (χ4n) is 6.27. The second kappa shape index (κ2) is 12.6. The van der Waals surface area contributed by atoms with Gasteiger partial charge in [0.1, 0.15) is 13.2 Å². The summed E-state index contributed by atoms with van der Waals surface area (Å²) in [7, 11) is 0. The number of amides is 2. The van der Waals surface area contributed by atoms with Gasteiger partial charge in [0.25, 0.3) is 5.91 Å². The van der Waals surface area contributed by atoms with E-state index >= 15 is 0 Å². The highest BCUT2D eigenvalue weighted by Gasteiger charge is 2.52. The van der Waals surface area contributed by atoms with Gasteiger partial charge in [0.15, 0.2) is 6.10 Å². The quantitative estimate of drug-likeness (QED) is 0.188. The number of piperidine rings is 1. The Labute approximate surface area is 262 Å². The average Bonchev–Trinajstić information content (AvgIpc) is 3.30. The second-order valence-corrected chi connectivity index (χ2v) is 12.5. The Morgan fingerprint density at radius 3 is 2.07 bits per heavy atom. The van der Waals surface area contributed by atoms with Crippen molar-refractivity contribution in [2.75, 3.05) is 18.0 Å². The number of fused-ring (bicyclic) bond motifs is 2. The predicted octanol–water partition coefficient (Wildman–Crippen LogP) is 5.54. The predicted molar refractivity (Wildman–Crippen MR) is 166 cm³/mol. The van der Waals surface area contributed by atoms with Gasteiger partial charge in [0.2, 0.25) is 0 Å². The third-order valence-corrected chi connectivity index (χ3v) is 8.71. The van der Waals surface area contributed by atoms with Crippen LogP contribution >= 0.6 is 0 Å². The first-order valence-electron chi connectivity index (χ1n) is 15.2. The van der Waals surface area contributed by atoms with Gasteiger partial charge < -0.3 is 24.0 Å². The summed E-state index contributed by atoms with van der Waals surface area (Å²) >= 11 is 0. The fraction of sp³-hybridized carbons (Fsp3) is 0.333. The number of anilines is 1. The molecule has 2 bridgehead atoms. The molecule has 0 unspecified atom stereocenters. The summed E-state index contributed by atoms with van der Waals surface area (Å²) in [6.45, 7) is 4.88. The van der Waals surface area contributed by atoms with E-state index in [1.165, 1.54) is 0 Å². The van der Waals surface area contributed by atoms with Crippen molar-refractivity contribution in [3.05, 3.63) is 114 Å². The molecule has 2 amide bonds. The molecular formula is C36H36N2O7. The number of hydrogen-bond donors (Lipinski definition) is 0. The number of esters is 2. The lowest BCUT2D eigenvalue weighted by Crippen LogP contribution is -2.56. The molecule has 0 spiro atoms. The summed E-state index contributed by atoms with van der Waals surface area (Å²) in [5, 5.41) is 0. The van der Waals surface area contributed by atoms with Crippen molar-refractivity contribution in [1.29, 1.82) is 0 Å². The van der Waals surface area contributed by atoms with Crippen molar-refractivity contribution in [3.8, 4) is 0 Å².